The number of carbonyl (C=O) groups excluding carboxylic acids is 2. The second-order valence-corrected chi connectivity index (χ2v) is 8.73. The number of carbonyl (C=O) groups is 2. The number of hydrogen-bond acceptors (Lipinski definition) is 6. The molecule has 1 heterocycles. The van der Waals surface area contributed by atoms with Crippen LogP contribution in [0, 0.1) is 0 Å². The molecule has 0 bridgehead atoms. The average Bonchev–Trinajstić information content (AvgIpc) is 3.39. The summed E-state index contributed by atoms with van der Waals surface area (Å²) >= 11 is 0. The minimum atomic E-state index is -0.383. The minimum Gasteiger partial charge on any atom is -0.493 e. The van der Waals surface area contributed by atoms with Crippen LogP contribution in [0.1, 0.15) is 40.4 Å². The molecule has 0 saturated carbocycles. The van der Waals surface area contributed by atoms with E-state index < -0.39 is 0 Å². The van der Waals surface area contributed by atoms with Crippen LogP contribution < -0.4 is 19.5 Å². The molecule has 36 heavy (non-hydrogen) atoms. The van der Waals surface area contributed by atoms with E-state index in [0.717, 1.165) is 17.5 Å². The molecule has 1 fully saturated rings. The molecule has 4 rings (SSSR count). The zero-order valence-corrected chi connectivity index (χ0v) is 20.9. The smallest absolute Gasteiger partial charge is 0.238 e. The highest BCUT2D eigenvalue weighted by Crippen LogP contribution is 2.38. The largest absolute Gasteiger partial charge is 0.493 e. The van der Waals surface area contributed by atoms with Crippen molar-refractivity contribution in [1.29, 1.82) is 0 Å². The number of rotatable bonds is 10. The number of methoxy groups -OCH3 is 3. The van der Waals surface area contributed by atoms with Crippen molar-refractivity contribution in [2.24, 2.45) is 0 Å². The number of nitrogens with one attached hydrogen (secondary N) is 1. The van der Waals surface area contributed by atoms with Gasteiger partial charge in [-0.25, -0.2) is 0 Å². The molecule has 0 aliphatic carbocycles. The summed E-state index contributed by atoms with van der Waals surface area (Å²) in [6.45, 7) is 0.799. The standard InChI is InChI=1S/C29H32N2O5/c1-34-25-17-22(18-26(35-2)28(25)36-3)24(32)19-31-16-10-15-23(31)29(33)30-27(20-11-6-4-7-12-20)21-13-8-5-9-14-21/h4-9,11-14,17-18,23,27H,10,15-16,19H2,1-3H3,(H,30,33)/t23-/m0/s1. The van der Waals surface area contributed by atoms with Gasteiger partial charge in [0.05, 0.1) is 40.0 Å². The number of ether oxygens (including phenoxy) is 3. The van der Waals surface area contributed by atoms with Crippen LogP contribution in [0.15, 0.2) is 72.8 Å². The van der Waals surface area contributed by atoms with Gasteiger partial charge >= 0.3 is 0 Å². The summed E-state index contributed by atoms with van der Waals surface area (Å²) in [7, 11) is 4.55. The lowest BCUT2D eigenvalue weighted by molar-refractivity contribution is -0.125. The first-order chi connectivity index (χ1) is 17.5. The van der Waals surface area contributed by atoms with Gasteiger partial charge in [0, 0.05) is 5.56 Å². The molecule has 1 aliphatic heterocycles. The summed E-state index contributed by atoms with van der Waals surface area (Å²) in [5.74, 6) is 1.08. The summed E-state index contributed by atoms with van der Waals surface area (Å²) in [5, 5.41) is 3.24. The molecule has 0 unspecified atom stereocenters. The Bertz CT molecular complexity index is 1120. The van der Waals surface area contributed by atoms with E-state index in [1.165, 1.54) is 21.3 Å². The van der Waals surface area contributed by atoms with Gasteiger partial charge in [0.25, 0.3) is 0 Å². The number of likely N-dealkylation sites (tertiary alicyclic amines) is 1. The minimum absolute atomic E-state index is 0.0806. The van der Waals surface area contributed by atoms with Gasteiger partial charge in [0.2, 0.25) is 11.7 Å². The summed E-state index contributed by atoms with van der Waals surface area (Å²) in [6.07, 6.45) is 1.55. The van der Waals surface area contributed by atoms with Crippen molar-refractivity contribution in [3.8, 4) is 17.2 Å². The predicted molar refractivity (Wildman–Crippen MR) is 138 cm³/mol. The maximum Gasteiger partial charge on any atom is 0.238 e. The fourth-order valence-corrected chi connectivity index (χ4v) is 4.72. The van der Waals surface area contributed by atoms with Crippen molar-refractivity contribution in [3.05, 3.63) is 89.5 Å². The van der Waals surface area contributed by atoms with Crippen molar-refractivity contribution in [2.75, 3.05) is 34.4 Å². The Labute approximate surface area is 212 Å². The number of ketones is 1. The van der Waals surface area contributed by atoms with Crippen molar-refractivity contribution in [2.45, 2.75) is 24.9 Å². The third-order valence-electron chi connectivity index (χ3n) is 6.55. The molecule has 1 amide bonds. The normalized spacial score (nSPS) is 15.5. The fraction of sp³-hybridized carbons (Fsp3) is 0.310. The van der Waals surface area contributed by atoms with Crippen LogP contribution in [0.2, 0.25) is 0 Å². The molecule has 1 N–H and O–H groups in total. The van der Waals surface area contributed by atoms with Crippen LogP contribution >= 0.6 is 0 Å². The first kappa shape index (κ1) is 25.3. The fourth-order valence-electron chi connectivity index (χ4n) is 4.72. The first-order valence-corrected chi connectivity index (χ1v) is 12.0. The Balaban J connectivity index is 1.51. The van der Waals surface area contributed by atoms with Crippen LogP contribution in [0.5, 0.6) is 17.2 Å². The number of amides is 1. The Morgan fingerprint density at radius 3 is 1.94 bits per heavy atom. The summed E-state index contributed by atoms with van der Waals surface area (Å²) < 4.78 is 16.1. The van der Waals surface area contributed by atoms with Gasteiger partial charge in [-0.3, -0.25) is 14.5 Å². The molecular formula is C29H32N2O5. The molecule has 7 nitrogen and oxygen atoms in total. The molecule has 0 spiro atoms. The molecule has 3 aromatic rings. The third-order valence-corrected chi connectivity index (χ3v) is 6.55. The Morgan fingerprint density at radius 2 is 1.44 bits per heavy atom. The van der Waals surface area contributed by atoms with E-state index in [1.54, 1.807) is 12.1 Å². The quantitative estimate of drug-likeness (QED) is 0.430. The molecule has 1 aliphatic rings. The van der Waals surface area contributed by atoms with Crippen molar-refractivity contribution in [3.63, 3.8) is 0 Å². The number of nitrogens with zero attached hydrogens (tertiary/aromatic N) is 1. The second-order valence-electron chi connectivity index (χ2n) is 8.73. The molecule has 1 saturated heterocycles. The first-order valence-electron chi connectivity index (χ1n) is 12.0. The molecule has 3 aromatic carbocycles. The number of benzene rings is 3. The maximum atomic E-state index is 13.5. The Morgan fingerprint density at radius 1 is 0.889 bits per heavy atom. The predicted octanol–water partition coefficient (Wildman–Crippen LogP) is 4.27. The van der Waals surface area contributed by atoms with E-state index in [2.05, 4.69) is 5.32 Å². The Kier molecular flexibility index (Phi) is 8.23. The molecule has 0 radical (unpaired) electrons. The van der Waals surface area contributed by atoms with E-state index in [4.69, 9.17) is 14.2 Å². The van der Waals surface area contributed by atoms with E-state index in [0.29, 0.717) is 35.8 Å². The number of Topliss-reactive ketones (excluding diaryl/α,β-unsaturated/α-hetero) is 1. The molecule has 0 aromatic heterocycles. The van der Waals surface area contributed by atoms with Crippen LogP contribution in [-0.2, 0) is 4.79 Å². The van der Waals surface area contributed by atoms with E-state index in [9.17, 15) is 9.59 Å². The van der Waals surface area contributed by atoms with Crippen LogP contribution in [0.3, 0.4) is 0 Å². The van der Waals surface area contributed by atoms with Crippen molar-refractivity contribution in [1.82, 2.24) is 10.2 Å². The molecule has 1 atom stereocenters. The lowest BCUT2D eigenvalue weighted by Gasteiger charge is -2.27. The monoisotopic (exact) mass is 488 g/mol. The van der Waals surface area contributed by atoms with E-state index >= 15 is 0 Å². The van der Waals surface area contributed by atoms with E-state index in [-0.39, 0.29) is 30.3 Å². The highest BCUT2D eigenvalue weighted by atomic mass is 16.5. The zero-order chi connectivity index (χ0) is 25.5. The highest BCUT2D eigenvalue weighted by Gasteiger charge is 2.34. The second kappa shape index (κ2) is 11.7. The van der Waals surface area contributed by atoms with Gasteiger partial charge in [-0.05, 0) is 42.6 Å². The summed E-state index contributed by atoms with van der Waals surface area (Å²) in [5.41, 5.74) is 2.46. The van der Waals surface area contributed by atoms with Gasteiger partial charge in [0.15, 0.2) is 17.3 Å². The third kappa shape index (κ3) is 5.52. The van der Waals surface area contributed by atoms with E-state index in [1.807, 2.05) is 65.6 Å². The highest BCUT2D eigenvalue weighted by molar-refractivity contribution is 5.99. The lowest BCUT2D eigenvalue weighted by Crippen LogP contribution is -2.46. The van der Waals surface area contributed by atoms with Crippen LogP contribution in [-0.4, -0.2) is 57.1 Å². The van der Waals surface area contributed by atoms with Gasteiger partial charge in [0.1, 0.15) is 0 Å². The van der Waals surface area contributed by atoms with Crippen LogP contribution in [0.4, 0.5) is 0 Å². The Hall–Kier alpha value is -3.84. The molecule has 7 heteroatoms. The molecule has 188 valence electrons. The zero-order valence-electron chi connectivity index (χ0n) is 20.9. The lowest BCUT2D eigenvalue weighted by atomic mass is 9.98. The maximum absolute atomic E-state index is 13.5. The van der Waals surface area contributed by atoms with Crippen LogP contribution in [0.25, 0.3) is 0 Å². The average molecular weight is 489 g/mol. The van der Waals surface area contributed by atoms with Gasteiger partial charge in [-0.15, -0.1) is 0 Å². The SMILES string of the molecule is COc1cc(C(=O)CN2CCC[C@H]2C(=O)NC(c2ccccc2)c2ccccc2)cc(OC)c1OC. The van der Waals surface area contributed by atoms with Gasteiger partial charge in [-0.2, -0.15) is 0 Å². The number of hydrogen-bond donors (Lipinski definition) is 1. The summed E-state index contributed by atoms with van der Waals surface area (Å²) in [4.78, 5) is 28.7. The van der Waals surface area contributed by atoms with Crippen molar-refractivity contribution >= 4 is 11.7 Å². The van der Waals surface area contributed by atoms with Gasteiger partial charge < -0.3 is 19.5 Å². The molecular weight excluding hydrogens is 456 g/mol. The van der Waals surface area contributed by atoms with Gasteiger partial charge in [-0.1, -0.05) is 60.7 Å². The summed E-state index contributed by atoms with van der Waals surface area (Å²) in [6, 6.07) is 22.5. The topological polar surface area (TPSA) is 77.1 Å². The van der Waals surface area contributed by atoms with Crippen molar-refractivity contribution < 1.29 is 23.8 Å².